The number of hydrogen-bond acceptors (Lipinski definition) is 3. The van der Waals surface area contributed by atoms with E-state index in [1.54, 1.807) is 0 Å². The van der Waals surface area contributed by atoms with Gasteiger partial charge in [-0.1, -0.05) is 6.42 Å². The van der Waals surface area contributed by atoms with Crippen molar-refractivity contribution in [2.24, 2.45) is 0 Å². The lowest BCUT2D eigenvalue weighted by molar-refractivity contribution is 0.00880. The van der Waals surface area contributed by atoms with Gasteiger partial charge in [-0.05, 0) is 53.1 Å². The number of rotatable bonds is 4. The van der Waals surface area contributed by atoms with Crippen LogP contribution in [0.4, 0.5) is 0 Å². The molecule has 1 N–H and O–H groups in total. The third-order valence-electron chi connectivity index (χ3n) is 4.45. The molecule has 2 heterocycles. The van der Waals surface area contributed by atoms with E-state index in [2.05, 4.69) is 31.1 Å². The lowest BCUT2D eigenvalue weighted by Gasteiger charge is -2.40. The average Bonchev–Trinajstić information content (AvgIpc) is 2.74. The van der Waals surface area contributed by atoms with Crippen LogP contribution in [0, 0.1) is 0 Å². The fourth-order valence-electron chi connectivity index (χ4n) is 3.28. The van der Waals surface area contributed by atoms with Crippen molar-refractivity contribution < 1.29 is 4.74 Å². The van der Waals surface area contributed by atoms with E-state index in [9.17, 15) is 0 Å². The summed E-state index contributed by atoms with van der Waals surface area (Å²) < 4.78 is 5.96. The van der Waals surface area contributed by atoms with Crippen LogP contribution in [-0.4, -0.2) is 49.3 Å². The number of nitrogens with zero attached hydrogens (tertiary/aromatic N) is 1. The number of hydrogen-bond donors (Lipinski definition) is 1. The summed E-state index contributed by atoms with van der Waals surface area (Å²) in [6, 6.07) is 1.29. The van der Waals surface area contributed by atoms with E-state index in [0.29, 0.717) is 24.3 Å². The van der Waals surface area contributed by atoms with Crippen molar-refractivity contribution in [3.8, 4) is 0 Å². The Morgan fingerprint density at radius 1 is 1.29 bits per heavy atom. The second-order valence-corrected chi connectivity index (χ2v) is 5.78. The predicted octanol–water partition coefficient (Wildman–Crippen LogP) is 2.02. The smallest absolute Gasteiger partial charge is 0.0706 e. The van der Waals surface area contributed by atoms with E-state index in [4.69, 9.17) is 4.74 Å². The van der Waals surface area contributed by atoms with Crippen LogP contribution in [0.3, 0.4) is 0 Å². The second-order valence-electron chi connectivity index (χ2n) is 5.78. The van der Waals surface area contributed by atoms with E-state index in [1.807, 2.05) is 0 Å². The highest BCUT2D eigenvalue weighted by Crippen LogP contribution is 2.25. The summed E-state index contributed by atoms with van der Waals surface area (Å²) >= 11 is 0. The van der Waals surface area contributed by atoms with Crippen LogP contribution >= 0.6 is 0 Å². The van der Waals surface area contributed by atoms with E-state index < -0.39 is 0 Å². The molecule has 100 valence electrons. The van der Waals surface area contributed by atoms with Crippen molar-refractivity contribution >= 4 is 0 Å². The largest absolute Gasteiger partial charge is 0.374 e. The Hall–Kier alpha value is -0.120. The molecule has 0 aromatic heterocycles. The Kier molecular flexibility index (Phi) is 4.83. The summed E-state index contributed by atoms with van der Waals surface area (Å²) in [4.78, 5) is 2.66. The molecule has 2 aliphatic rings. The molecule has 4 unspecified atom stereocenters. The van der Waals surface area contributed by atoms with Crippen molar-refractivity contribution in [1.29, 1.82) is 0 Å². The number of piperidine rings is 1. The van der Waals surface area contributed by atoms with E-state index >= 15 is 0 Å². The third kappa shape index (κ3) is 3.43. The highest BCUT2D eigenvalue weighted by molar-refractivity contribution is 4.86. The summed E-state index contributed by atoms with van der Waals surface area (Å²) in [6.07, 6.45) is 7.53. The zero-order valence-corrected chi connectivity index (χ0v) is 11.6. The molecule has 0 spiro atoms. The number of nitrogens with one attached hydrogen (secondary N) is 1. The van der Waals surface area contributed by atoms with Crippen LogP contribution in [0.2, 0.25) is 0 Å². The molecule has 3 heteroatoms. The standard InChI is InChI=1S/C14H28N2O/c1-11-7-8-13(17-11)10-16-9-5-4-6-14(16)12(2)15-3/h11-15H,4-10H2,1-3H3. The van der Waals surface area contributed by atoms with Crippen LogP contribution in [0.25, 0.3) is 0 Å². The van der Waals surface area contributed by atoms with E-state index in [-0.39, 0.29) is 0 Å². The summed E-state index contributed by atoms with van der Waals surface area (Å²) in [7, 11) is 2.07. The quantitative estimate of drug-likeness (QED) is 0.813. The Morgan fingerprint density at radius 3 is 2.76 bits per heavy atom. The highest BCUT2D eigenvalue weighted by Gasteiger charge is 2.30. The molecule has 3 nitrogen and oxygen atoms in total. The van der Waals surface area contributed by atoms with Crippen molar-refractivity contribution in [2.45, 2.75) is 70.2 Å². The summed E-state index contributed by atoms with van der Waals surface area (Å²) in [5, 5.41) is 3.42. The molecule has 17 heavy (non-hydrogen) atoms. The van der Waals surface area contributed by atoms with Crippen molar-refractivity contribution in [1.82, 2.24) is 10.2 Å². The van der Waals surface area contributed by atoms with Gasteiger partial charge in [-0.3, -0.25) is 4.90 Å². The molecule has 2 saturated heterocycles. The number of ether oxygens (including phenoxy) is 1. The van der Waals surface area contributed by atoms with Crippen molar-refractivity contribution in [3.63, 3.8) is 0 Å². The molecule has 2 aliphatic heterocycles. The fourth-order valence-corrected chi connectivity index (χ4v) is 3.28. The lowest BCUT2D eigenvalue weighted by Crippen LogP contribution is -2.52. The van der Waals surface area contributed by atoms with Gasteiger partial charge >= 0.3 is 0 Å². The first-order valence-electron chi connectivity index (χ1n) is 7.27. The van der Waals surface area contributed by atoms with Gasteiger partial charge in [0.15, 0.2) is 0 Å². The zero-order chi connectivity index (χ0) is 12.3. The second kappa shape index (κ2) is 6.17. The van der Waals surface area contributed by atoms with Crippen LogP contribution in [-0.2, 0) is 4.74 Å². The first kappa shape index (κ1) is 13.3. The molecule has 0 radical (unpaired) electrons. The molecule has 0 bridgehead atoms. The van der Waals surface area contributed by atoms with Gasteiger partial charge in [0.25, 0.3) is 0 Å². The Labute approximate surface area is 106 Å². The monoisotopic (exact) mass is 240 g/mol. The van der Waals surface area contributed by atoms with Gasteiger partial charge in [-0.25, -0.2) is 0 Å². The maximum Gasteiger partial charge on any atom is 0.0706 e. The van der Waals surface area contributed by atoms with Gasteiger partial charge in [-0.15, -0.1) is 0 Å². The van der Waals surface area contributed by atoms with Crippen LogP contribution < -0.4 is 5.32 Å². The first-order valence-corrected chi connectivity index (χ1v) is 7.27. The maximum absolute atomic E-state index is 5.96. The van der Waals surface area contributed by atoms with Crippen LogP contribution in [0.15, 0.2) is 0 Å². The Morgan fingerprint density at radius 2 is 2.12 bits per heavy atom. The van der Waals surface area contributed by atoms with Gasteiger partial charge in [0.2, 0.25) is 0 Å². The minimum absolute atomic E-state index is 0.477. The van der Waals surface area contributed by atoms with Gasteiger partial charge in [0, 0.05) is 18.6 Å². The summed E-state index contributed by atoms with van der Waals surface area (Å²) in [5.41, 5.74) is 0. The van der Waals surface area contributed by atoms with Gasteiger partial charge in [0.1, 0.15) is 0 Å². The van der Waals surface area contributed by atoms with Crippen LogP contribution in [0.1, 0.15) is 46.0 Å². The minimum atomic E-state index is 0.477. The van der Waals surface area contributed by atoms with Gasteiger partial charge in [0.05, 0.1) is 12.2 Å². The lowest BCUT2D eigenvalue weighted by atomic mass is 9.96. The Bertz CT molecular complexity index is 234. The van der Waals surface area contributed by atoms with Crippen molar-refractivity contribution in [2.75, 3.05) is 20.1 Å². The topological polar surface area (TPSA) is 24.5 Å². The SMILES string of the molecule is CNC(C)C1CCCCN1CC1CCC(C)O1. The van der Waals surface area contributed by atoms with Gasteiger partial charge in [-0.2, -0.15) is 0 Å². The summed E-state index contributed by atoms with van der Waals surface area (Å²) in [5.74, 6) is 0. The van der Waals surface area contributed by atoms with Gasteiger partial charge < -0.3 is 10.1 Å². The molecular formula is C14H28N2O. The predicted molar refractivity (Wildman–Crippen MR) is 71.3 cm³/mol. The maximum atomic E-state index is 5.96. The number of likely N-dealkylation sites (N-methyl/N-ethyl adjacent to an activating group) is 1. The van der Waals surface area contributed by atoms with Crippen molar-refractivity contribution in [3.05, 3.63) is 0 Å². The Balaban J connectivity index is 1.87. The molecule has 2 rings (SSSR count). The first-order chi connectivity index (χ1) is 8.20. The molecule has 0 aromatic carbocycles. The normalized spacial score (nSPS) is 37.2. The fraction of sp³-hybridized carbons (Fsp3) is 1.00. The highest BCUT2D eigenvalue weighted by atomic mass is 16.5. The molecule has 0 saturated carbocycles. The molecule has 4 atom stereocenters. The summed E-state index contributed by atoms with van der Waals surface area (Å²) in [6.45, 7) is 6.90. The van der Waals surface area contributed by atoms with E-state index in [0.717, 1.165) is 6.54 Å². The molecule has 0 amide bonds. The minimum Gasteiger partial charge on any atom is -0.374 e. The third-order valence-corrected chi connectivity index (χ3v) is 4.45. The molecule has 0 aliphatic carbocycles. The zero-order valence-electron chi connectivity index (χ0n) is 11.6. The molecule has 2 fully saturated rings. The van der Waals surface area contributed by atoms with Crippen LogP contribution in [0.5, 0.6) is 0 Å². The molecular weight excluding hydrogens is 212 g/mol. The average molecular weight is 240 g/mol. The molecule has 0 aromatic rings. The van der Waals surface area contributed by atoms with E-state index in [1.165, 1.54) is 38.6 Å². The number of likely N-dealkylation sites (tertiary alicyclic amines) is 1.